The molecule has 3 heterocycles. The van der Waals surface area contributed by atoms with E-state index in [1.165, 1.54) is 16.6 Å². The Kier molecular flexibility index (Phi) is 3.35. The summed E-state index contributed by atoms with van der Waals surface area (Å²) in [5, 5.41) is 6.93. The lowest BCUT2D eigenvalue weighted by atomic mass is 9.99. The number of aryl methyl sites for hydroxylation is 1. The number of hydrogen-bond acceptors (Lipinski definition) is 5. The Morgan fingerprint density at radius 1 is 1.50 bits per heavy atom. The molecule has 1 N–H and O–H groups in total. The summed E-state index contributed by atoms with van der Waals surface area (Å²) in [4.78, 5) is 4.30. The summed E-state index contributed by atoms with van der Waals surface area (Å²) in [6, 6.07) is 3.04. The molecule has 2 aromatic heterocycles. The third kappa shape index (κ3) is 2.36. The number of aromatic nitrogens is 3. The first-order valence-electron chi connectivity index (χ1n) is 6.50. The van der Waals surface area contributed by atoms with E-state index in [9.17, 15) is 8.42 Å². The smallest absolute Gasteiger partial charge is 0.276 e. The van der Waals surface area contributed by atoms with Crippen molar-refractivity contribution in [3.63, 3.8) is 0 Å². The van der Waals surface area contributed by atoms with Gasteiger partial charge in [0.2, 0.25) is 5.09 Å². The van der Waals surface area contributed by atoms with Gasteiger partial charge in [-0.15, -0.1) is 0 Å². The van der Waals surface area contributed by atoms with Crippen LogP contribution in [0.3, 0.4) is 0 Å². The molecule has 0 radical (unpaired) electrons. The zero-order valence-electron chi connectivity index (χ0n) is 11.1. The summed E-state index contributed by atoms with van der Waals surface area (Å²) in [5.41, 5.74) is 0. The van der Waals surface area contributed by atoms with E-state index >= 15 is 0 Å². The van der Waals surface area contributed by atoms with Gasteiger partial charge in [0.25, 0.3) is 10.0 Å². The molecule has 1 unspecified atom stereocenters. The predicted molar refractivity (Wildman–Crippen MR) is 70.6 cm³/mol. The average Bonchev–Trinajstić information content (AvgIpc) is 3.10. The summed E-state index contributed by atoms with van der Waals surface area (Å²) < 4.78 is 31.3. The summed E-state index contributed by atoms with van der Waals surface area (Å²) in [7, 11) is -3.55. The van der Waals surface area contributed by atoms with Gasteiger partial charge in [0.1, 0.15) is 5.82 Å². The molecule has 1 fully saturated rings. The maximum absolute atomic E-state index is 12.4. The first-order chi connectivity index (χ1) is 9.57. The Morgan fingerprint density at radius 2 is 2.35 bits per heavy atom. The minimum absolute atomic E-state index is 0.00989. The molecule has 0 aromatic carbocycles. The molecule has 1 atom stereocenters. The third-order valence-electron chi connectivity index (χ3n) is 3.45. The molecule has 7 nitrogen and oxygen atoms in total. The molecule has 108 valence electrons. The highest BCUT2D eigenvalue weighted by Gasteiger charge is 2.33. The monoisotopic (exact) mass is 296 g/mol. The van der Waals surface area contributed by atoms with E-state index in [-0.39, 0.29) is 11.0 Å². The lowest BCUT2D eigenvalue weighted by Gasteiger charge is -2.29. The van der Waals surface area contributed by atoms with Crippen molar-refractivity contribution >= 4 is 10.0 Å². The van der Waals surface area contributed by atoms with E-state index in [1.807, 2.05) is 6.92 Å². The van der Waals surface area contributed by atoms with Crippen LogP contribution in [0.5, 0.6) is 0 Å². The number of hydrogen-bond donors (Lipinski definition) is 1. The van der Waals surface area contributed by atoms with Crippen molar-refractivity contribution in [1.29, 1.82) is 0 Å². The van der Waals surface area contributed by atoms with Crippen LogP contribution in [0, 0.1) is 6.92 Å². The SMILES string of the molecule is Cc1nc(C2CCCN(S(=O)(=O)c3ccco3)C2)n[nH]1. The van der Waals surface area contributed by atoms with Crippen LogP contribution in [0.2, 0.25) is 0 Å². The molecule has 1 saturated heterocycles. The van der Waals surface area contributed by atoms with Crippen LogP contribution in [0.15, 0.2) is 27.9 Å². The van der Waals surface area contributed by atoms with E-state index in [1.54, 1.807) is 6.07 Å². The maximum Gasteiger partial charge on any atom is 0.276 e. The van der Waals surface area contributed by atoms with Gasteiger partial charge in [-0.2, -0.15) is 9.40 Å². The topological polar surface area (TPSA) is 92.1 Å². The first-order valence-corrected chi connectivity index (χ1v) is 7.94. The zero-order chi connectivity index (χ0) is 14.2. The summed E-state index contributed by atoms with van der Waals surface area (Å²) in [6.45, 7) is 2.72. The van der Waals surface area contributed by atoms with Gasteiger partial charge >= 0.3 is 0 Å². The van der Waals surface area contributed by atoms with Gasteiger partial charge in [-0.1, -0.05) is 0 Å². The van der Waals surface area contributed by atoms with Gasteiger partial charge in [-0.25, -0.2) is 13.4 Å². The van der Waals surface area contributed by atoms with Gasteiger partial charge in [-0.05, 0) is 31.9 Å². The Labute approximate surface area is 117 Å². The summed E-state index contributed by atoms with van der Waals surface area (Å²) >= 11 is 0. The molecule has 1 aliphatic heterocycles. The predicted octanol–water partition coefficient (Wildman–Crippen LogP) is 1.27. The number of sulfonamides is 1. The fraction of sp³-hybridized carbons (Fsp3) is 0.500. The minimum Gasteiger partial charge on any atom is -0.452 e. The molecule has 8 heteroatoms. The summed E-state index contributed by atoms with van der Waals surface area (Å²) in [6.07, 6.45) is 3.05. The first kappa shape index (κ1) is 13.3. The quantitative estimate of drug-likeness (QED) is 0.921. The van der Waals surface area contributed by atoms with Crippen LogP contribution in [0.1, 0.15) is 30.4 Å². The number of nitrogens with zero attached hydrogens (tertiary/aromatic N) is 3. The number of aromatic amines is 1. The van der Waals surface area contributed by atoms with E-state index < -0.39 is 10.0 Å². The minimum atomic E-state index is -3.55. The molecular formula is C12H16N4O3S. The van der Waals surface area contributed by atoms with Crippen LogP contribution in [-0.4, -0.2) is 41.0 Å². The Bertz CT molecular complexity index is 677. The lowest BCUT2D eigenvalue weighted by Crippen LogP contribution is -2.39. The largest absolute Gasteiger partial charge is 0.452 e. The van der Waals surface area contributed by atoms with E-state index in [2.05, 4.69) is 15.2 Å². The van der Waals surface area contributed by atoms with Crippen LogP contribution in [0.4, 0.5) is 0 Å². The van der Waals surface area contributed by atoms with Crippen molar-refractivity contribution in [3.8, 4) is 0 Å². The number of piperidine rings is 1. The van der Waals surface area contributed by atoms with Crippen molar-refractivity contribution in [2.45, 2.75) is 30.8 Å². The maximum atomic E-state index is 12.4. The lowest BCUT2D eigenvalue weighted by molar-refractivity contribution is 0.300. The van der Waals surface area contributed by atoms with Crippen molar-refractivity contribution in [3.05, 3.63) is 30.0 Å². The van der Waals surface area contributed by atoms with Gasteiger partial charge in [-0.3, -0.25) is 5.10 Å². The fourth-order valence-electron chi connectivity index (χ4n) is 2.45. The highest BCUT2D eigenvalue weighted by Crippen LogP contribution is 2.28. The van der Waals surface area contributed by atoms with E-state index in [0.717, 1.165) is 18.7 Å². The zero-order valence-corrected chi connectivity index (χ0v) is 11.9. The van der Waals surface area contributed by atoms with Crippen molar-refractivity contribution in [2.75, 3.05) is 13.1 Å². The molecule has 1 aliphatic rings. The molecule has 0 bridgehead atoms. The second-order valence-electron chi connectivity index (χ2n) is 4.91. The highest BCUT2D eigenvalue weighted by molar-refractivity contribution is 7.89. The Hall–Kier alpha value is -1.67. The number of rotatable bonds is 3. The molecule has 0 aliphatic carbocycles. The number of nitrogens with one attached hydrogen (secondary N) is 1. The molecular weight excluding hydrogens is 280 g/mol. The molecule has 0 spiro atoms. The number of H-pyrrole nitrogens is 1. The Balaban J connectivity index is 1.82. The average molecular weight is 296 g/mol. The molecule has 0 amide bonds. The third-order valence-corrected chi connectivity index (χ3v) is 5.21. The van der Waals surface area contributed by atoms with Gasteiger partial charge < -0.3 is 4.42 Å². The normalized spacial score (nSPS) is 21.1. The van der Waals surface area contributed by atoms with Crippen LogP contribution >= 0.6 is 0 Å². The molecule has 0 saturated carbocycles. The van der Waals surface area contributed by atoms with Crippen molar-refractivity contribution < 1.29 is 12.8 Å². The van der Waals surface area contributed by atoms with E-state index in [0.29, 0.717) is 18.9 Å². The molecule has 20 heavy (non-hydrogen) atoms. The van der Waals surface area contributed by atoms with Crippen molar-refractivity contribution in [2.24, 2.45) is 0 Å². The van der Waals surface area contributed by atoms with Crippen molar-refractivity contribution in [1.82, 2.24) is 19.5 Å². The molecule has 3 rings (SSSR count). The van der Waals surface area contributed by atoms with Crippen LogP contribution < -0.4 is 0 Å². The molecule has 2 aromatic rings. The van der Waals surface area contributed by atoms with Crippen LogP contribution in [-0.2, 0) is 10.0 Å². The summed E-state index contributed by atoms with van der Waals surface area (Å²) in [5.74, 6) is 1.45. The second-order valence-corrected chi connectivity index (χ2v) is 6.78. The van der Waals surface area contributed by atoms with Gasteiger partial charge in [0.05, 0.1) is 6.26 Å². The number of furan rings is 1. The fourth-order valence-corrected chi connectivity index (χ4v) is 3.88. The van der Waals surface area contributed by atoms with Gasteiger partial charge in [0.15, 0.2) is 5.82 Å². The Morgan fingerprint density at radius 3 is 3.00 bits per heavy atom. The highest BCUT2D eigenvalue weighted by atomic mass is 32.2. The second kappa shape index (κ2) is 5.02. The standard InChI is InChI=1S/C12H16N4O3S/c1-9-13-12(15-14-9)10-4-2-6-16(8-10)20(17,18)11-5-3-7-19-11/h3,5,7,10H,2,4,6,8H2,1H3,(H,13,14,15). The van der Waals surface area contributed by atoms with Gasteiger partial charge in [0, 0.05) is 19.0 Å². The van der Waals surface area contributed by atoms with Crippen LogP contribution in [0.25, 0.3) is 0 Å². The van der Waals surface area contributed by atoms with E-state index in [4.69, 9.17) is 4.42 Å².